The molecule has 0 radical (unpaired) electrons. The summed E-state index contributed by atoms with van der Waals surface area (Å²) in [6, 6.07) is 10.8. The van der Waals surface area contributed by atoms with Crippen LogP contribution < -0.4 is 5.56 Å². The lowest BCUT2D eigenvalue weighted by Crippen LogP contribution is -2.29. The first kappa shape index (κ1) is 19.4. The summed E-state index contributed by atoms with van der Waals surface area (Å²) in [5.41, 5.74) is 2.28. The molecule has 0 bridgehead atoms. The zero-order chi connectivity index (χ0) is 19.6. The monoisotopic (exact) mass is 403 g/mol. The number of halogens is 2. The summed E-state index contributed by atoms with van der Waals surface area (Å²) in [6.45, 7) is 2.53. The molecular weight excluding hydrogens is 385 g/mol. The van der Waals surface area contributed by atoms with E-state index < -0.39 is 0 Å². The molecule has 27 heavy (non-hydrogen) atoms. The zero-order valence-electron chi connectivity index (χ0n) is 15.1. The number of hydrogen-bond acceptors (Lipinski definition) is 3. The van der Waals surface area contributed by atoms with Crippen molar-refractivity contribution in [1.82, 2.24) is 14.5 Å². The Bertz CT molecular complexity index is 1060. The predicted octanol–water partition coefficient (Wildman–Crippen LogP) is 4.06. The molecule has 0 saturated carbocycles. The second-order valence-corrected chi connectivity index (χ2v) is 7.21. The lowest BCUT2D eigenvalue weighted by atomic mass is 10.1. The molecule has 5 nitrogen and oxygen atoms in total. The van der Waals surface area contributed by atoms with Crippen molar-refractivity contribution in [3.05, 3.63) is 74.3 Å². The third-order valence-electron chi connectivity index (χ3n) is 4.49. The van der Waals surface area contributed by atoms with Crippen molar-refractivity contribution < 1.29 is 4.79 Å². The van der Waals surface area contributed by atoms with E-state index in [1.54, 1.807) is 30.1 Å². The summed E-state index contributed by atoms with van der Waals surface area (Å²) in [4.78, 5) is 31.0. The van der Waals surface area contributed by atoms with Gasteiger partial charge in [0, 0.05) is 26.6 Å². The Labute approximate surface area is 167 Å². The summed E-state index contributed by atoms with van der Waals surface area (Å²) in [5, 5.41) is 1.47. The van der Waals surface area contributed by atoms with Crippen molar-refractivity contribution in [1.29, 1.82) is 0 Å². The molecule has 140 valence electrons. The normalized spacial score (nSPS) is 11.0. The lowest BCUT2D eigenvalue weighted by Gasteiger charge is -2.18. The van der Waals surface area contributed by atoms with Crippen molar-refractivity contribution in [3.63, 3.8) is 0 Å². The summed E-state index contributed by atoms with van der Waals surface area (Å²) in [7, 11) is 1.70. The van der Waals surface area contributed by atoms with E-state index in [1.165, 1.54) is 10.9 Å². The molecule has 0 N–H and O–H groups in total. The van der Waals surface area contributed by atoms with Crippen LogP contribution in [0.25, 0.3) is 10.9 Å². The van der Waals surface area contributed by atoms with Crippen LogP contribution in [0.5, 0.6) is 0 Å². The molecule has 0 atom stereocenters. The van der Waals surface area contributed by atoms with E-state index >= 15 is 0 Å². The van der Waals surface area contributed by atoms with Crippen LogP contribution in [0.4, 0.5) is 0 Å². The molecule has 0 fully saturated rings. The van der Waals surface area contributed by atoms with Crippen LogP contribution in [0.1, 0.15) is 17.5 Å². The number of benzene rings is 2. The SMILES string of the molecule is Cc1cccc2c(=O)n(CCC(=O)N(C)Cc3cccc(Cl)c3Cl)cnc12. The molecule has 7 heteroatoms. The summed E-state index contributed by atoms with van der Waals surface area (Å²) < 4.78 is 1.47. The fraction of sp³-hybridized carbons (Fsp3) is 0.250. The van der Waals surface area contributed by atoms with E-state index in [9.17, 15) is 9.59 Å². The molecule has 1 amide bonds. The molecule has 0 aliphatic rings. The van der Waals surface area contributed by atoms with E-state index in [0.29, 0.717) is 27.5 Å². The van der Waals surface area contributed by atoms with Crippen LogP contribution in [0.15, 0.2) is 47.5 Å². The van der Waals surface area contributed by atoms with Gasteiger partial charge in [-0.05, 0) is 30.2 Å². The van der Waals surface area contributed by atoms with Crippen LogP contribution in [0.2, 0.25) is 10.0 Å². The summed E-state index contributed by atoms with van der Waals surface area (Å²) in [6.07, 6.45) is 1.69. The van der Waals surface area contributed by atoms with E-state index in [0.717, 1.165) is 11.1 Å². The minimum absolute atomic E-state index is 0.0951. The standard InChI is InChI=1S/C20H19Cl2N3O2/c1-13-5-3-7-15-19(13)23-12-25(20(15)27)10-9-17(26)24(2)11-14-6-4-8-16(21)18(14)22/h3-8,12H,9-11H2,1-2H3. The topological polar surface area (TPSA) is 55.2 Å². The van der Waals surface area contributed by atoms with Gasteiger partial charge in [-0.1, -0.05) is 47.5 Å². The minimum atomic E-state index is -0.142. The quantitative estimate of drug-likeness (QED) is 0.645. The number of carbonyl (C=O) groups excluding carboxylic acids is 1. The van der Waals surface area contributed by atoms with E-state index in [1.807, 2.05) is 25.1 Å². The van der Waals surface area contributed by atoms with Crippen LogP contribution in [0.3, 0.4) is 0 Å². The maximum absolute atomic E-state index is 12.6. The van der Waals surface area contributed by atoms with Gasteiger partial charge < -0.3 is 4.90 Å². The first-order chi connectivity index (χ1) is 12.9. The van der Waals surface area contributed by atoms with Crippen molar-refractivity contribution >= 4 is 40.0 Å². The van der Waals surface area contributed by atoms with Crippen LogP contribution >= 0.6 is 23.2 Å². The molecule has 1 heterocycles. The molecule has 0 aliphatic heterocycles. The number of fused-ring (bicyclic) bond motifs is 1. The maximum Gasteiger partial charge on any atom is 0.261 e. The Morgan fingerprint density at radius 3 is 2.70 bits per heavy atom. The van der Waals surface area contributed by atoms with Gasteiger partial charge in [-0.2, -0.15) is 0 Å². The maximum atomic E-state index is 12.6. The smallest absolute Gasteiger partial charge is 0.261 e. The highest BCUT2D eigenvalue weighted by molar-refractivity contribution is 6.42. The van der Waals surface area contributed by atoms with E-state index in [2.05, 4.69) is 4.98 Å². The van der Waals surface area contributed by atoms with E-state index in [-0.39, 0.29) is 24.4 Å². The molecule has 3 rings (SSSR count). The molecular formula is C20H19Cl2N3O2. The number of hydrogen-bond donors (Lipinski definition) is 0. The largest absolute Gasteiger partial charge is 0.341 e. The lowest BCUT2D eigenvalue weighted by molar-refractivity contribution is -0.130. The second kappa shape index (κ2) is 8.11. The van der Waals surface area contributed by atoms with Gasteiger partial charge in [0.25, 0.3) is 5.56 Å². The van der Waals surface area contributed by atoms with Gasteiger partial charge in [-0.3, -0.25) is 14.2 Å². The molecule has 0 saturated heterocycles. The molecule has 0 spiro atoms. The number of nitrogens with zero attached hydrogens (tertiary/aromatic N) is 3. The van der Waals surface area contributed by atoms with Gasteiger partial charge in [0.15, 0.2) is 0 Å². The third-order valence-corrected chi connectivity index (χ3v) is 5.34. The average Bonchev–Trinajstić information content (AvgIpc) is 2.65. The van der Waals surface area contributed by atoms with Crippen molar-refractivity contribution in [2.75, 3.05) is 7.05 Å². The first-order valence-electron chi connectivity index (χ1n) is 8.50. The minimum Gasteiger partial charge on any atom is -0.341 e. The predicted molar refractivity (Wildman–Crippen MR) is 108 cm³/mol. The number of aryl methyl sites for hydroxylation is 2. The highest BCUT2D eigenvalue weighted by Crippen LogP contribution is 2.26. The summed E-state index contributed by atoms with van der Waals surface area (Å²) in [5.74, 6) is -0.0951. The van der Waals surface area contributed by atoms with Crippen LogP contribution in [-0.4, -0.2) is 27.4 Å². The molecule has 0 unspecified atom stereocenters. The highest BCUT2D eigenvalue weighted by Gasteiger charge is 2.13. The number of aromatic nitrogens is 2. The number of rotatable bonds is 5. The second-order valence-electron chi connectivity index (χ2n) is 6.43. The number of amides is 1. The molecule has 2 aromatic carbocycles. The number of carbonyl (C=O) groups is 1. The van der Waals surface area contributed by atoms with Gasteiger partial charge in [0.2, 0.25) is 5.91 Å². The molecule has 0 aliphatic carbocycles. The molecule has 3 aromatic rings. The summed E-state index contributed by atoms with van der Waals surface area (Å²) >= 11 is 12.2. The number of para-hydroxylation sites is 1. The third kappa shape index (κ3) is 4.15. The van der Waals surface area contributed by atoms with Crippen LogP contribution in [0, 0.1) is 6.92 Å². The van der Waals surface area contributed by atoms with Gasteiger partial charge in [0.1, 0.15) is 0 Å². The van der Waals surface area contributed by atoms with Crippen molar-refractivity contribution in [2.45, 2.75) is 26.4 Å². The fourth-order valence-electron chi connectivity index (χ4n) is 2.92. The van der Waals surface area contributed by atoms with Gasteiger partial charge in [0.05, 0.1) is 27.3 Å². The highest BCUT2D eigenvalue weighted by atomic mass is 35.5. The Hall–Kier alpha value is -2.37. The Morgan fingerprint density at radius 2 is 1.93 bits per heavy atom. The Kier molecular flexibility index (Phi) is 5.82. The van der Waals surface area contributed by atoms with Gasteiger partial charge >= 0.3 is 0 Å². The molecule has 1 aromatic heterocycles. The van der Waals surface area contributed by atoms with E-state index in [4.69, 9.17) is 23.2 Å². The van der Waals surface area contributed by atoms with Gasteiger partial charge in [-0.25, -0.2) is 4.98 Å². The Balaban J connectivity index is 1.70. The fourth-order valence-corrected chi connectivity index (χ4v) is 3.30. The van der Waals surface area contributed by atoms with Crippen molar-refractivity contribution in [3.8, 4) is 0 Å². The Morgan fingerprint density at radius 1 is 1.19 bits per heavy atom. The first-order valence-corrected chi connectivity index (χ1v) is 9.25. The van der Waals surface area contributed by atoms with Crippen LogP contribution in [-0.2, 0) is 17.9 Å². The van der Waals surface area contributed by atoms with Crippen molar-refractivity contribution in [2.24, 2.45) is 0 Å². The van der Waals surface area contributed by atoms with Gasteiger partial charge in [-0.15, -0.1) is 0 Å². The zero-order valence-corrected chi connectivity index (χ0v) is 16.6. The average molecular weight is 404 g/mol.